The summed E-state index contributed by atoms with van der Waals surface area (Å²) in [6, 6.07) is -0.556. The van der Waals surface area contributed by atoms with E-state index in [1.54, 1.807) is 0 Å². The Morgan fingerprint density at radius 3 is 1.58 bits per heavy atom. The number of urea groups is 2. The fourth-order valence-electron chi connectivity index (χ4n) is 0.981. The van der Waals surface area contributed by atoms with Crippen LogP contribution in [-0.4, -0.2) is 35.0 Å². The van der Waals surface area contributed by atoms with E-state index >= 15 is 0 Å². The number of hydrogen-bond donors (Lipinski definition) is 0. The molecule has 1 aliphatic heterocycles. The number of rotatable bonds is 4. The van der Waals surface area contributed by atoms with Gasteiger partial charge in [0.15, 0.2) is 0 Å². The van der Waals surface area contributed by atoms with Crippen LogP contribution in [0.1, 0.15) is 0 Å². The molecule has 0 radical (unpaired) electrons. The van der Waals surface area contributed by atoms with Crippen molar-refractivity contribution in [3.8, 4) is 0 Å². The van der Waals surface area contributed by atoms with Gasteiger partial charge >= 0.3 is 12.1 Å². The number of hydrogen-bond acceptors (Lipinski definition) is 2. The fourth-order valence-corrected chi connectivity index (χ4v) is 0.981. The maximum Gasteiger partial charge on any atom is 0.336 e. The Labute approximate surface area is 70.8 Å². The minimum atomic E-state index is -0.278. The summed E-state index contributed by atoms with van der Waals surface area (Å²) in [6.45, 7) is 7.44. The van der Waals surface area contributed by atoms with E-state index in [4.69, 9.17) is 0 Å². The molecular weight excluding hydrogens is 156 g/mol. The highest BCUT2D eigenvalue weighted by molar-refractivity contribution is 6.11. The Kier molecular flexibility index (Phi) is 2.28. The van der Waals surface area contributed by atoms with E-state index in [0.29, 0.717) is 0 Å². The number of nitrogens with zero attached hydrogens (tertiary/aromatic N) is 2. The zero-order valence-electron chi connectivity index (χ0n) is 6.69. The molecule has 0 aromatic carbocycles. The Hall–Kier alpha value is -1.58. The second-order valence-electron chi connectivity index (χ2n) is 2.36. The quantitative estimate of drug-likeness (QED) is 0.589. The summed E-state index contributed by atoms with van der Waals surface area (Å²) in [5, 5.41) is 0. The van der Waals surface area contributed by atoms with Gasteiger partial charge in [0.1, 0.15) is 0 Å². The fraction of sp³-hybridized carbons (Fsp3) is 0.250. The van der Waals surface area contributed by atoms with Crippen molar-refractivity contribution in [2.24, 2.45) is 0 Å². The molecule has 4 nitrogen and oxygen atoms in total. The van der Waals surface area contributed by atoms with Gasteiger partial charge in [-0.15, -0.1) is 13.2 Å². The van der Waals surface area contributed by atoms with Crippen LogP contribution >= 0.6 is 0 Å². The van der Waals surface area contributed by atoms with Crippen molar-refractivity contribution in [3.05, 3.63) is 25.3 Å². The van der Waals surface area contributed by atoms with Gasteiger partial charge in [-0.25, -0.2) is 19.4 Å². The standard InChI is InChI=1S/C8H10N2O2/c1-3-5-9-7(11)10(6-4-2)8(9)12/h3-4H,1-2,5-6H2. The first kappa shape index (κ1) is 8.52. The summed E-state index contributed by atoms with van der Waals surface area (Å²) < 4.78 is 0. The molecule has 1 saturated heterocycles. The van der Waals surface area contributed by atoms with Gasteiger partial charge in [0.05, 0.1) is 13.1 Å². The molecule has 4 amide bonds. The van der Waals surface area contributed by atoms with E-state index in [0.717, 1.165) is 9.80 Å². The normalized spacial score (nSPS) is 16.0. The van der Waals surface area contributed by atoms with E-state index in [1.807, 2.05) is 0 Å². The molecule has 1 heterocycles. The molecule has 0 saturated carbocycles. The van der Waals surface area contributed by atoms with Gasteiger partial charge < -0.3 is 0 Å². The lowest BCUT2D eigenvalue weighted by molar-refractivity contribution is 0.115. The molecule has 1 fully saturated rings. The van der Waals surface area contributed by atoms with Gasteiger partial charge in [-0.1, -0.05) is 12.2 Å². The average molecular weight is 166 g/mol. The van der Waals surface area contributed by atoms with Crippen LogP contribution in [0.4, 0.5) is 9.59 Å². The zero-order valence-corrected chi connectivity index (χ0v) is 6.69. The largest absolute Gasteiger partial charge is 0.336 e. The first-order valence-corrected chi connectivity index (χ1v) is 3.57. The molecule has 4 heteroatoms. The van der Waals surface area contributed by atoms with Crippen molar-refractivity contribution < 1.29 is 9.59 Å². The highest BCUT2D eigenvalue weighted by Gasteiger charge is 2.41. The van der Waals surface area contributed by atoms with Gasteiger partial charge in [0, 0.05) is 0 Å². The predicted molar refractivity (Wildman–Crippen MR) is 44.6 cm³/mol. The zero-order chi connectivity index (χ0) is 9.14. The minimum Gasteiger partial charge on any atom is -0.247 e. The molecule has 0 N–H and O–H groups in total. The monoisotopic (exact) mass is 166 g/mol. The first-order valence-electron chi connectivity index (χ1n) is 3.57. The summed E-state index contributed by atoms with van der Waals surface area (Å²) in [5.74, 6) is 0. The van der Waals surface area contributed by atoms with Crippen molar-refractivity contribution in [3.63, 3.8) is 0 Å². The van der Waals surface area contributed by atoms with Gasteiger partial charge in [-0.2, -0.15) is 0 Å². The topological polar surface area (TPSA) is 40.6 Å². The molecule has 12 heavy (non-hydrogen) atoms. The van der Waals surface area contributed by atoms with Crippen LogP contribution in [0.3, 0.4) is 0 Å². The van der Waals surface area contributed by atoms with Gasteiger partial charge in [0.25, 0.3) is 0 Å². The summed E-state index contributed by atoms with van der Waals surface area (Å²) >= 11 is 0. The molecule has 64 valence electrons. The number of amides is 4. The molecule has 0 aromatic rings. The maximum absolute atomic E-state index is 11.1. The lowest BCUT2D eigenvalue weighted by Crippen LogP contribution is -2.63. The summed E-state index contributed by atoms with van der Waals surface area (Å²) in [6.07, 6.45) is 3.03. The van der Waals surface area contributed by atoms with Crippen molar-refractivity contribution in [1.29, 1.82) is 0 Å². The minimum absolute atomic E-state index is 0.278. The number of carbonyl (C=O) groups is 2. The van der Waals surface area contributed by atoms with Crippen LogP contribution in [0.15, 0.2) is 25.3 Å². The lowest BCUT2D eigenvalue weighted by atomic mass is 10.4. The van der Waals surface area contributed by atoms with Crippen molar-refractivity contribution in [2.45, 2.75) is 0 Å². The smallest absolute Gasteiger partial charge is 0.247 e. The van der Waals surface area contributed by atoms with Crippen molar-refractivity contribution in [2.75, 3.05) is 13.1 Å². The van der Waals surface area contributed by atoms with Crippen LogP contribution in [0.5, 0.6) is 0 Å². The molecule has 0 spiro atoms. The van der Waals surface area contributed by atoms with E-state index in [2.05, 4.69) is 13.2 Å². The summed E-state index contributed by atoms with van der Waals surface area (Å²) in [4.78, 5) is 24.4. The van der Waals surface area contributed by atoms with Crippen molar-refractivity contribution in [1.82, 2.24) is 9.80 Å². The van der Waals surface area contributed by atoms with E-state index in [9.17, 15) is 9.59 Å². The van der Waals surface area contributed by atoms with Gasteiger partial charge in [0.2, 0.25) is 0 Å². The molecule has 1 aliphatic rings. The van der Waals surface area contributed by atoms with Gasteiger partial charge in [-0.3, -0.25) is 0 Å². The van der Waals surface area contributed by atoms with Crippen LogP contribution in [0, 0.1) is 0 Å². The molecule has 0 aliphatic carbocycles. The third-order valence-corrected chi connectivity index (χ3v) is 1.55. The Morgan fingerprint density at radius 1 is 1.00 bits per heavy atom. The van der Waals surface area contributed by atoms with Gasteiger partial charge in [-0.05, 0) is 0 Å². The number of carbonyl (C=O) groups excluding carboxylic acids is 2. The molecule has 0 aromatic heterocycles. The Bertz CT molecular complexity index is 209. The lowest BCUT2D eigenvalue weighted by Gasteiger charge is -2.37. The van der Waals surface area contributed by atoms with Crippen molar-refractivity contribution >= 4 is 12.1 Å². The molecule has 0 atom stereocenters. The van der Waals surface area contributed by atoms with Crippen LogP contribution in [-0.2, 0) is 0 Å². The first-order chi connectivity index (χ1) is 5.72. The number of imide groups is 2. The SMILES string of the molecule is C=CCN1C(=O)N(CC=C)C1=O. The molecular formula is C8H10N2O2. The second-order valence-corrected chi connectivity index (χ2v) is 2.36. The van der Waals surface area contributed by atoms with E-state index in [-0.39, 0.29) is 25.2 Å². The van der Waals surface area contributed by atoms with Crippen LogP contribution < -0.4 is 0 Å². The highest BCUT2D eigenvalue weighted by atomic mass is 16.2. The molecule has 1 rings (SSSR count). The predicted octanol–water partition coefficient (Wildman–Crippen LogP) is 1.22. The summed E-state index contributed by atoms with van der Waals surface area (Å²) in [7, 11) is 0. The average Bonchev–Trinajstić information content (AvgIpc) is 2.10. The van der Waals surface area contributed by atoms with Crippen LogP contribution in [0.2, 0.25) is 0 Å². The third kappa shape index (κ3) is 1.11. The van der Waals surface area contributed by atoms with E-state index < -0.39 is 0 Å². The van der Waals surface area contributed by atoms with Crippen LogP contribution in [0.25, 0.3) is 0 Å². The molecule has 0 unspecified atom stereocenters. The second kappa shape index (κ2) is 3.21. The highest BCUT2D eigenvalue weighted by Crippen LogP contribution is 2.14. The molecule has 0 bridgehead atoms. The maximum atomic E-state index is 11.1. The van der Waals surface area contributed by atoms with E-state index in [1.165, 1.54) is 12.2 Å². The Balaban J connectivity index is 2.55. The summed E-state index contributed by atoms with van der Waals surface area (Å²) in [5.41, 5.74) is 0. The third-order valence-electron chi connectivity index (χ3n) is 1.55. The Morgan fingerprint density at radius 2 is 1.33 bits per heavy atom.